The van der Waals surface area contributed by atoms with Gasteiger partial charge in [-0.3, -0.25) is 0 Å². The summed E-state index contributed by atoms with van der Waals surface area (Å²) in [7, 11) is 5.21. The molecule has 11 nitrogen and oxygen atoms in total. The Morgan fingerprint density at radius 1 is 0.975 bits per heavy atom. The van der Waals surface area contributed by atoms with E-state index in [0.717, 1.165) is 11.0 Å². The molecule has 0 aliphatic rings. The van der Waals surface area contributed by atoms with Crippen LogP contribution in [0.2, 0.25) is 0 Å². The van der Waals surface area contributed by atoms with Gasteiger partial charge in [0.05, 0.1) is 63.9 Å². The van der Waals surface area contributed by atoms with Gasteiger partial charge in [-0.1, -0.05) is 41.6 Å². The van der Waals surface area contributed by atoms with E-state index in [2.05, 4.69) is 31.5 Å². The van der Waals surface area contributed by atoms with Crippen LogP contribution in [0.3, 0.4) is 0 Å². The minimum Gasteiger partial charge on any atom is -0.545 e. The smallest absolute Gasteiger partial charge is 0.207 e. The Morgan fingerprint density at radius 2 is 1.65 bits per heavy atom. The second kappa shape index (κ2) is 12.7. The lowest BCUT2D eigenvalue weighted by molar-refractivity contribution is -0.870. The maximum absolute atomic E-state index is 13.3. The van der Waals surface area contributed by atoms with E-state index in [1.165, 1.54) is 49.2 Å². The SMILES string of the molecule is COc1cccc(-n2cc(-c3ccccc3S(=O)(=O)c3ccc(C(=O)[O-])cc3)nn2)c1OC.C[N+](C)(C)CCO. The fourth-order valence-electron chi connectivity index (χ4n) is 3.67. The molecule has 0 unspecified atom stereocenters. The monoisotopic (exact) mass is 568 g/mol. The van der Waals surface area contributed by atoms with Gasteiger partial charge in [0.15, 0.2) is 11.5 Å². The lowest BCUT2D eigenvalue weighted by atomic mass is 10.2. The number of carboxylic acids is 1. The van der Waals surface area contributed by atoms with Crippen LogP contribution in [0.5, 0.6) is 11.5 Å². The number of nitrogens with zero attached hydrogens (tertiary/aromatic N) is 4. The van der Waals surface area contributed by atoms with Crippen LogP contribution in [0.1, 0.15) is 10.4 Å². The van der Waals surface area contributed by atoms with Gasteiger partial charge in [0.25, 0.3) is 0 Å². The van der Waals surface area contributed by atoms with Crippen LogP contribution in [-0.4, -0.2) is 87.5 Å². The number of para-hydroxylation sites is 1. The molecule has 0 atom stereocenters. The van der Waals surface area contributed by atoms with Crippen molar-refractivity contribution in [3.8, 4) is 28.4 Å². The van der Waals surface area contributed by atoms with Crippen molar-refractivity contribution in [2.45, 2.75) is 9.79 Å². The highest BCUT2D eigenvalue weighted by Gasteiger charge is 2.24. The van der Waals surface area contributed by atoms with Crippen LogP contribution in [0.25, 0.3) is 16.9 Å². The molecule has 0 aliphatic heterocycles. The zero-order valence-electron chi connectivity index (χ0n) is 22.9. The molecule has 0 amide bonds. The van der Waals surface area contributed by atoms with Crippen LogP contribution in [0, 0.1) is 0 Å². The lowest BCUT2D eigenvalue weighted by Gasteiger charge is -2.21. The molecule has 12 heteroatoms. The molecule has 40 heavy (non-hydrogen) atoms. The van der Waals surface area contributed by atoms with Crippen molar-refractivity contribution in [3.63, 3.8) is 0 Å². The largest absolute Gasteiger partial charge is 0.545 e. The Hall–Kier alpha value is -4.26. The highest BCUT2D eigenvalue weighted by molar-refractivity contribution is 7.91. The van der Waals surface area contributed by atoms with Gasteiger partial charge >= 0.3 is 0 Å². The highest BCUT2D eigenvalue weighted by atomic mass is 32.2. The molecular formula is C28H32N4O7S. The van der Waals surface area contributed by atoms with Gasteiger partial charge in [0.1, 0.15) is 17.9 Å². The Bertz CT molecular complexity index is 1560. The topological polar surface area (TPSA) is 144 Å². The van der Waals surface area contributed by atoms with E-state index >= 15 is 0 Å². The van der Waals surface area contributed by atoms with E-state index in [-0.39, 0.29) is 22.0 Å². The second-order valence-corrected chi connectivity index (χ2v) is 11.5. The number of aromatic nitrogens is 3. The zero-order valence-corrected chi connectivity index (χ0v) is 23.8. The first-order valence-electron chi connectivity index (χ1n) is 12.1. The third kappa shape index (κ3) is 7.03. The quantitative estimate of drug-likeness (QED) is 0.299. The van der Waals surface area contributed by atoms with Crippen molar-refractivity contribution in [1.29, 1.82) is 0 Å². The number of carbonyl (C=O) groups excluding carboxylic acids is 1. The fourth-order valence-corrected chi connectivity index (χ4v) is 5.13. The number of hydrogen-bond acceptors (Lipinski definition) is 9. The van der Waals surface area contributed by atoms with E-state index in [1.807, 2.05) is 0 Å². The number of sulfone groups is 1. The lowest BCUT2D eigenvalue weighted by Crippen LogP contribution is -2.36. The molecule has 3 aromatic carbocycles. The molecule has 1 N–H and O–H groups in total. The molecule has 0 aliphatic carbocycles. The number of carbonyl (C=O) groups is 1. The van der Waals surface area contributed by atoms with Crippen molar-refractivity contribution in [2.75, 3.05) is 48.5 Å². The number of benzene rings is 3. The predicted octanol–water partition coefficient (Wildman–Crippen LogP) is 1.83. The summed E-state index contributed by atoms with van der Waals surface area (Å²) in [6.07, 6.45) is 1.59. The highest BCUT2D eigenvalue weighted by Crippen LogP contribution is 2.35. The van der Waals surface area contributed by atoms with Gasteiger partial charge in [-0.2, -0.15) is 0 Å². The summed E-state index contributed by atoms with van der Waals surface area (Å²) in [5.74, 6) is -0.427. The average Bonchev–Trinajstić information content (AvgIpc) is 3.42. The number of hydrogen-bond donors (Lipinski definition) is 1. The minimum absolute atomic E-state index is 0.0101. The molecule has 0 saturated carbocycles. The standard InChI is InChI=1S/C23H19N3O6S.C5H14NO/c1-31-20-8-5-7-19(22(20)32-2)26-14-18(24-25-26)17-6-3-4-9-21(17)33(29,30)16-12-10-15(11-13-16)23(27)28;1-6(2,3)4-5-7/h3-14H,1-2H3,(H,27,28);7H,4-5H2,1-3H3/q;+1/p-1. The molecule has 4 rings (SSSR count). The van der Waals surface area contributed by atoms with E-state index in [1.54, 1.807) is 42.6 Å². The minimum atomic E-state index is -3.97. The summed E-state index contributed by atoms with van der Waals surface area (Å²) >= 11 is 0. The average molecular weight is 569 g/mol. The van der Waals surface area contributed by atoms with Crippen LogP contribution in [0.15, 0.2) is 82.7 Å². The molecule has 0 spiro atoms. The Balaban J connectivity index is 0.000000559. The van der Waals surface area contributed by atoms with Crippen LogP contribution in [-0.2, 0) is 9.84 Å². The summed E-state index contributed by atoms with van der Waals surface area (Å²) < 4.78 is 39.7. The van der Waals surface area contributed by atoms with Gasteiger partial charge in [0.2, 0.25) is 9.84 Å². The van der Waals surface area contributed by atoms with Gasteiger partial charge in [-0.25, -0.2) is 13.1 Å². The number of aliphatic hydroxyl groups is 1. The number of likely N-dealkylation sites (N-methyl/N-ethyl adjacent to an activating group) is 1. The molecule has 0 saturated heterocycles. The molecule has 212 valence electrons. The van der Waals surface area contributed by atoms with Crippen LogP contribution in [0.4, 0.5) is 0 Å². The normalized spacial score (nSPS) is 11.3. The van der Waals surface area contributed by atoms with Gasteiger partial charge < -0.3 is 29.0 Å². The summed E-state index contributed by atoms with van der Waals surface area (Å²) in [5.41, 5.74) is 1.12. The van der Waals surface area contributed by atoms with Crippen molar-refractivity contribution in [2.24, 2.45) is 0 Å². The van der Waals surface area contributed by atoms with E-state index in [9.17, 15) is 18.3 Å². The first-order valence-corrected chi connectivity index (χ1v) is 13.6. The summed E-state index contributed by atoms with van der Waals surface area (Å²) in [5, 5.41) is 27.7. The number of methoxy groups -OCH3 is 2. The molecule has 0 fully saturated rings. The maximum atomic E-state index is 13.3. The number of ether oxygens (including phenoxy) is 2. The van der Waals surface area contributed by atoms with Gasteiger partial charge in [-0.15, -0.1) is 5.10 Å². The predicted molar refractivity (Wildman–Crippen MR) is 146 cm³/mol. The summed E-state index contributed by atoms with van der Waals surface area (Å²) in [6.45, 7) is 1.11. The summed E-state index contributed by atoms with van der Waals surface area (Å²) in [4.78, 5) is 10.9. The Morgan fingerprint density at radius 3 is 2.20 bits per heavy atom. The van der Waals surface area contributed by atoms with E-state index < -0.39 is 15.8 Å². The van der Waals surface area contributed by atoms with Crippen molar-refractivity contribution < 1.29 is 37.4 Å². The molecular weight excluding hydrogens is 536 g/mol. The van der Waals surface area contributed by atoms with Crippen molar-refractivity contribution in [1.82, 2.24) is 15.0 Å². The number of aliphatic hydroxyl groups excluding tert-OH is 1. The summed E-state index contributed by atoms with van der Waals surface area (Å²) in [6, 6.07) is 16.5. The molecule has 0 bridgehead atoms. The molecule has 4 aromatic rings. The first-order chi connectivity index (χ1) is 18.9. The van der Waals surface area contributed by atoms with Crippen molar-refractivity contribution >= 4 is 15.8 Å². The number of aromatic carboxylic acids is 1. The first kappa shape index (κ1) is 30.3. The fraction of sp³-hybridized carbons (Fsp3) is 0.250. The zero-order chi connectivity index (χ0) is 29.5. The van der Waals surface area contributed by atoms with E-state index in [0.29, 0.717) is 28.4 Å². The third-order valence-electron chi connectivity index (χ3n) is 5.75. The number of quaternary nitrogens is 1. The number of carboxylic acid groups (broad SMARTS) is 1. The van der Waals surface area contributed by atoms with Crippen LogP contribution >= 0.6 is 0 Å². The molecule has 1 aromatic heterocycles. The van der Waals surface area contributed by atoms with Crippen molar-refractivity contribution in [3.05, 3.63) is 78.5 Å². The molecule has 1 heterocycles. The number of rotatable bonds is 9. The van der Waals surface area contributed by atoms with Gasteiger partial charge in [0, 0.05) is 5.56 Å². The van der Waals surface area contributed by atoms with Gasteiger partial charge in [-0.05, 0) is 35.9 Å². The van der Waals surface area contributed by atoms with Crippen LogP contribution < -0.4 is 14.6 Å². The maximum Gasteiger partial charge on any atom is 0.207 e. The Kier molecular flexibility index (Phi) is 9.64. The second-order valence-electron chi connectivity index (χ2n) is 9.61. The Labute approximate surface area is 233 Å². The third-order valence-corrected chi connectivity index (χ3v) is 7.57. The molecule has 0 radical (unpaired) electrons. The van der Waals surface area contributed by atoms with E-state index in [4.69, 9.17) is 14.6 Å².